The Kier molecular flexibility index (Phi) is 3.87. The maximum absolute atomic E-state index is 5.68. The van der Waals surface area contributed by atoms with Crippen molar-refractivity contribution in [1.29, 1.82) is 0 Å². The molecule has 1 heterocycles. The molecule has 3 aromatic rings. The highest BCUT2D eigenvalue weighted by Gasteiger charge is 2.37. The van der Waals surface area contributed by atoms with Gasteiger partial charge in [0.25, 0.3) is 0 Å². The molecule has 0 radical (unpaired) electrons. The first-order valence-corrected chi connectivity index (χ1v) is 8.79. The number of ether oxygens (including phenoxy) is 2. The average molecular weight is 345 g/mol. The number of anilines is 3. The van der Waals surface area contributed by atoms with Crippen LogP contribution in [0.1, 0.15) is 25.0 Å². The summed E-state index contributed by atoms with van der Waals surface area (Å²) in [5, 5.41) is 0. The van der Waals surface area contributed by atoms with E-state index in [1.54, 1.807) is 14.2 Å². The second-order valence-electron chi connectivity index (χ2n) is 7.03. The number of methoxy groups -OCH3 is 2. The van der Waals surface area contributed by atoms with E-state index in [0.717, 1.165) is 17.2 Å². The lowest BCUT2D eigenvalue weighted by atomic mass is 9.73. The van der Waals surface area contributed by atoms with Crippen molar-refractivity contribution in [1.82, 2.24) is 0 Å². The van der Waals surface area contributed by atoms with Gasteiger partial charge in [-0.1, -0.05) is 50.2 Å². The summed E-state index contributed by atoms with van der Waals surface area (Å²) in [6.45, 7) is 4.57. The fraction of sp³-hybridized carbons (Fsp3) is 0.217. The van der Waals surface area contributed by atoms with Crippen LogP contribution in [-0.4, -0.2) is 14.2 Å². The first-order chi connectivity index (χ1) is 12.6. The lowest BCUT2D eigenvalue weighted by molar-refractivity contribution is 0.404. The number of para-hydroxylation sites is 2. The van der Waals surface area contributed by atoms with Crippen molar-refractivity contribution in [3.8, 4) is 11.5 Å². The molecule has 0 bridgehead atoms. The molecule has 0 spiro atoms. The molecule has 26 heavy (non-hydrogen) atoms. The van der Waals surface area contributed by atoms with Crippen molar-refractivity contribution in [2.45, 2.75) is 19.3 Å². The maximum atomic E-state index is 5.68. The number of rotatable bonds is 3. The predicted molar refractivity (Wildman–Crippen MR) is 106 cm³/mol. The summed E-state index contributed by atoms with van der Waals surface area (Å²) in [4.78, 5) is 2.28. The summed E-state index contributed by atoms with van der Waals surface area (Å²) in [7, 11) is 3.39. The fourth-order valence-corrected chi connectivity index (χ4v) is 3.90. The SMILES string of the molecule is COc1ccc(OC)c(N2c3ccccc3C(C)(C)c3ccccc32)c1. The monoisotopic (exact) mass is 345 g/mol. The molecule has 0 amide bonds. The van der Waals surface area contributed by atoms with Gasteiger partial charge in [-0.05, 0) is 35.4 Å². The molecule has 0 saturated carbocycles. The third-order valence-corrected chi connectivity index (χ3v) is 5.26. The van der Waals surface area contributed by atoms with Crippen LogP contribution in [0, 0.1) is 0 Å². The predicted octanol–water partition coefficient (Wildman–Crippen LogP) is 5.81. The highest BCUT2D eigenvalue weighted by atomic mass is 16.5. The highest BCUT2D eigenvalue weighted by molar-refractivity contribution is 5.88. The summed E-state index contributed by atoms with van der Waals surface area (Å²) >= 11 is 0. The van der Waals surface area contributed by atoms with Gasteiger partial charge in [-0.15, -0.1) is 0 Å². The van der Waals surface area contributed by atoms with Crippen LogP contribution in [0.5, 0.6) is 11.5 Å². The molecule has 3 nitrogen and oxygen atoms in total. The van der Waals surface area contributed by atoms with Gasteiger partial charge in [0.1, 0.15) is 11.5 Å². The van der Waals surface area contributed by atoms with E-state index in [9.17, 15) is 0 Å². The zero-order chi connectivity index (χ0) is 18.3. The van der Waals surface area contributed by atoms with E-state index >= 15 is 0 Å². The second kappa shape index (κ2) is 6.10. The molecule has 3 heteroatoms. The highest BCUT2D eigenvalue weighted by Crippen LogP contribution is 2.53. The second-order valence-corrected chi connectivity index (χ2v) is 7.03. The van der Waals surface area contributed by atoms with Crippen LogP contribution in [0.25, 0.3) is 0 Å². The first kappa shape index (κ1) is 16.5. The zero-order valence-electron chi connectivity index (χ0n) is 15.6. The Labute approximate surface area is 154 Å². The Morgan fingerprint density at radius 1 is 0.692 bits per heavy atom. The lowest BCUT2D eigenvalue weighted by Gasteiger charge is -2.42. The van der Waals surface area contributed by atoms with E-state index in [4.69, 9.17) is 9.47 Å². The van der Waals surface area contributed by atoms with E-state index < -0.39 is 0 Å². The molecule has 0 N–H and O–H groups in total. The van der Waals surface area contributed by atoms with Crippen LogP contribution in [-0.2, 0) is 5.41 Å². The van der Waals surface area contributed by atoms with Gasteiger partial charge in [0.15, 0.2) is 0 Å². The molecular formula is C23H23NO2. The number of hydrogen-bond acceptors (Lipinski definition) is 3. The van der Waals surface area contributed by atoms with Crippen LogP contribution in [0.3, 0.4) is 0 Å². The van der Waals surface area contributed by atoms with Gasteiger partial charge in [-0.2, -0.15) is 0 Å². The largest absolute Gasteiger partial charge is 0.497 e. The third-order valence-electron chi connectivity index (χ3n) is 5.26. The van der Waals surface area contributed by atoms with E-state index in [1.807, 2.05) is 18.2 Å². The topological polar surface area (TPSA) is 21.7 Å². The van der Waals surface area contributed by atoms with E-state index in [-0.39, 0.29) is 5.41 Å². The molecule has 132 valence electrons. The van der Waals surface area contributed by atoms with Crippen LogP contribution in [0.2, 0.25) is 0 Å². The summed E-state index contributed by atoms with van der Waals surface area (Å²) in [5.74, 6) is 1.62. The van der Waals surface area contributed by atoms with Gasteiger partial charge >= 0.3 is 0 Å². The fourth-order valence-electron chi connectivity index (χ4n) is 3.90. The Morgan fingerprint density at radius 2 is 1.27 bits per heavy atom. The minimum absolute atomic E-state index is 0.0736. The molecule has 1 aliphatic heterocycles. The smallest absolute Gasteiger partial charge is 0.143 e. The standard InChI is InChI=1S/C23H23NO2/c1-23(2)17-9-5-7-11-19(17)24(20-12-8-6-10-18(20)23)21-15-16(25-3)13-14-22(21)26-4/h5-15H,1-4H3. The number of benzene rings is 3. The van der Waals surface area contributed by atoms with Gasteiger partial charge < -0.3 is 14.4 Å². The average Bonchev–Trinajstić information content (AvgIpc) is 2.68. The Morgan fingerprint density at radius 3 is 1.81 bits per heavy atom. The Hall–Kier alpha value is -2.94. The summed E-state index contributed by atoms with van der Waals surface area (Å²) in [6.07, 6.45) is 0. The molecule has 0 fully saturated rings. The van der Waals surface area contributed by atoms with Crippen LogP contribution >= 0.6 is 0 Å². The van der Waals surface area contributed by atoms with Crippen molar-refractivity contribution in [2.75, 3.05) is 19.1 Å². The van der Waals surface area contributed by atoms with Gasteiger partial charge in [0, 0.05) is 11.5 Å². The van der Waals surface area contributed by atoms with Crippen molar-refractivity contribution in [3.05, 3.63) is 77.9 Å². The molecule has 4 rings (SSSR count). The van der Waals surface area contributed by atoms with Gasteiger partial charge in [0.2, 0.25) is 0 Å². The van der Waals surface area contributed by atoms with Crippen molar-refractivity contribution >= 4 is 17.1 Å². The molecule has 0 aromatic heterocycles. The van der Waals surface area contributed by atoms with Gasteiger partial charge in [-0.25, -0.2) is 0 Å². The molecule has 3 aromatic carbocycles. The number of hydrogen-bond donors (Lipinski definition) is 0. The quantitative estimate of drug-likeness (QED) is 0.597. The van der Waals surface area contributed by atoms with E-state index in [2.05, 4.69) is 67.3 Å². The van der Waals surface area contributed by atoms with Crippen LogP contribution in [0.15, 0.2) is 66.7 Å². The minimum atomic E-state index is -0.0736. The summed E-state index contributed by atoms with van der Waals surface area (Å²) in [5.41, 5.74) is 5.83. The molecule has 0 unspecified atom stereocenters. The molecular weight excluding hydrogens is 322 g/mol. The first-order valence-electron chi connectivity index (χ1n) is 8.79. The van der Waals surface area contributed by atoms with Gasteiger partial charge in [-0.3, -0.25) is 0 Å². The summed E-state index contributed by atoms with van der Waals surface area (Å²) < 4.78 is 11.2. The van der Waals surface area contributed by atoms with Crippen LogP contribution < -0.4 is 14.4 Å². The lowest BCUT2D eigenvalue weighted by Crippen LogP contribution is -2.30. The number of fused-ring (bicyclic) bond motifs is 2. The minimum Gasteiger partial charge on any atom is -0.497 e. The Bertz CT molecular complexity index is 912. The molecule has 0 atom stereocenters. The van der Waals surface area contributed by atoms with E-state index in [0.29, 0.717) is 0 Å². The number of nitrogens with zero attached hydrogens (tertiary/aromatic N) is 1. The normalized spacial score (nSPS) is 14.4. The maximum Gasteiger partial charge on any atom is 0.143 e. The zero-order valence-corrected chi connectivity index (χ0v) is 15.6. The van der Waals surface area contributed by atoms with Gasteiger partial charge in [0.05, 0.1) is 31.3 Å². The molecule has 1 aliphatic rings. The van der Waals surface area contributed by atoms with Crippen LogP contribution in [0.4, 0.5) is 17.1 Å². The van der Waals surface area contributed by atoms with E-state index in [1.165, 1.54) is 22.5 Å². The molecule has 0 saturated heterocycles. The van der Waals surface area contributed by atoms with Crippen molar-refractivity contribution < 1.29 is 9.47 Å². The third kappa shape index (κ3) is 2.35. The van der Waals surface area contributed by atoms with Crippen molar-refractivity contribution in [3.63, 3.8) is 0 Å². The summed E-state index contributed by atoms with van der Waals surface area (Å²) in [6, 6.07) is 23.1. The Balaban J connectivity index is 2.05. The molecule has 0 aliphatic carbocycles. The van der Waals surface area contributed by atoms with Crippen molar-refractivity contribution in [2.24, 2.45) is 0 Å².